The van der Waals surface area contributed by atoms with E-state index < -0.39 is 11.7 Å². The van der Waals surface area contributed by atoms with Gasteiger partial charge in [0.25, 0.3) is 0 Å². The molecule has 34 heavy (non-hydrogen) atoms. The lowest BCUT2D eigenvalue weighted by molar-refractivity contribution is 0.0526. The molecular weight excluding hydrogens is 436 g/mol. The van der Waals surface area contributed by atoms with E-state index in [1.807, 2.05) is 58.0 Å². The molecule has 1 unspecified atom stereocenters. The third kappa shape index (κ3) is 6.84. The van der Waals surface area contributed by atoms with E-state index in [4.69, 9.17) is 14.2 Å². The number of nitrogens with zero attached hydrogens (tertiary/aromatic N) is 3. The molecule has 2 aromatic heterocycles. The Kier molecular flexibility index (Phi) is 7.93. The average molecular weight is 469 g/mol. The molecule has 0 bridgehead atoms. The van der Waals surface area contributed by atoms with Crippen LogP contribution < -0.4 is 25.4 Å². The third-order valence-corrected chi connectivity index (χ3v) is 4.72. The lowest BCUT2D eigenvalue weighted by Crippen LogP contribution is -2.38. The highest BCUT2D eigenvalue weighted by molar-refractivity contribution is 5.86. The molecule has 1 aromatic carbocycles. The Morgan fingerprint density at radius 1 is 1.12 bits per heavy atom. The fourth-order valence-corrected chi connectivity index (χ4v) is 3.15. The smallest absolute Gasteiger partial charge is 0.407 e. The molecule has 0 aliphatic carbocycles. The maximum absolute atomic E-state index is 12.0. The van der Waals surface area contributed by atoms with E-state index in [0.717, 1.165) is 5.56 Å². The molecule has 3 rings (SSSR count). The second-order valence-corrected chi connectivity index (χ2v) is 8.73. The number of fused-ring (bicyclic) bond motifs is 1. The summed E-state index contributed by atoms with van der Waals surface area (Å²) in [7, 11) is 3.23. The quantitative estimate of drug-likeness (QED) is 0.428. The van der Waals surface area contributed by atoms with Crippen LogP contribution in [-0.4, -0.2) is 53.5 Å². The summed E-state index contributed by atoms with van der Waals surface area (Å²) in [4.78, 5) is 25.6. The van der Waals surface area contributed by atoms with Crippen molar-refractivity contribution in [2.24, 2.45) is 0 Å². The number of methoxy groups -OCH3 is 2. The number of carbonyl (C=O) groups is 1. The van der Waals surface area contributed by atoms with Gasteiger partial charge in [0.1, 0.15) is 22.6 Å². The van der Waals surface area contributed by atoms with Gasteiger partial charge in [0, 0.05) is 37.0 Å². The van der Waals surface area contributed by atoms with Crippen molar-refractivity contribution in [1.82, 2.24) is 20.3 Å². The zero-order chi connectivity index (χ0) is 24.7. The molecular formula is C24H32N6O4. The highest BCUT2D eigenvalue weighted by Crippen LogP contribution is 2.26. The van der Waals surface area contributed by atoms with Gasteiger partial charge in [-0.25, -0.2) is 9.78 Å². The van der Waals surface area contributed by atoms with Crippen molar-refractivity contribution in [2.75, 3.05) is 31.4 Å². The van der Waals surface area contributed by atoms with E-state index in [2.05, 4.69) is 30.9 Å². The van der Waals surface area contributed by atoms with Crippen LogP contribution in [0, 0.1) is 0 Å². The summed E-state index contributed by atoms with van der Waals surface area (Å²) in [6.07, 6.45) is 1.22. The first kappa shape index (κ1) is 24.8. The molecule has 10 nitrogen and oxygen atoms in total. The van der Waals surface area contributed by atoms with Gasteiger partial charge in [0.05, 0.1) is 19.7 Å². The lowest BCUT2D eigenvalue weighted by atomic mass is 10.2. The van der Waals surface area contributed by atoms with Gasteiger partial charge < -0.3 is 30.2 Å². The highest BCUT2D eigenvalue weighted by Gasteiger charge is 2.17. The molecule has 3 N–H and O–H groups in total. The van der Waals surface area contributed by atoms with E-state index in [-0.39, 0.29) is 6.04 Å². The van der Waals surface area contributed by atoms with E-state index in [9.17, 15) is 4.79 Å². The van der Waals surface area contributed by atoms with Crippen LogP contribution in [0.15, 0.2) is 36.5 Å². The summed E-state index contributed by atoms with van der Waals surface area (Å²) < 4.78 is 16.0. The molecule has 0 aliphatic heterocycles. The van der Waals surface area contributed by atoms with Gasteiger partial charge in [-0.15, -0.1) is 0 Å². The molecule has 3 aromatic rings. The van der Waals surface area contributed by atoms with Crippen molar-refractivity contribution in [3.63, 3.8) is 0 Å². The van der Waals surface area contributed by atoms with Gasteiger partial charge in [-0.3, -0.25) is 4.98 Å². The maximum atomic E-state index is 12.0. The number of carbonyl (C=O) groups excluding carboxylic acids is 1. The van der Waals surface area contributed by atoms with E-state index in [1.165, 1.54) is 0 Å². The SMILES string of the molecule is COc1ccc(CNc2nc(NC(C)CNC(=O)OC(C)(C)C)c3ncccc3n2)c(OC)c1. The van der Waals surface area contributed by atoms with Gasteiger partial charge in [-0.2, -0.15) is 4.98 Å². The molecule has 0 saturated carbocycles. The Balaban J connectivity index is 1.73. The molecule has 0 radical (unpaired) electrons. The zero-order valence-electron chi connectivity index (χ0n) is 20.4. The van der Waals surface area contributed by atoms with E-state index in [1.54, 1.807) is 20.4 Å². The van der Waals surface area contributed by atoms with Crippen molar-refractivity contribution >= 4 is 28.9 Å². The van der Waals surface area contributed by atoms with Crippen LogP contribution >= 0.6 is 0 Å². The molecule has 10 heteroatoms. The fraction of sp³-hybridized carbons (Fsp3) is 0.417. The minimum absolute atomic E-state index is 0.137. The van der Waals surface area contributed by atoms with Crippen molar-refractivity contribution in [2.45, 2.75) is 45.9 Å². The van der Waals surface area contributed by atoms with E-state index >= 15 is 0 Å². The zero-order valence-corrected chi connectivity index (χ0v) is 20.4. The largest absolute Gasteiger partial charge is 0.497 e. The predicted molar refractivity (Wildman–Crippen MR) is 132 cm³/mol. The Labute approximate surface area is 199 Å². The van der Waals surface area contributed by atoms with Crippen molar-refractivity contribution in [3.05, 3.63) is 42.1 Å². The first-order chi connectivity index (χ1) is 16.2. The number of pyridine rings is 1. The predicted octanol–water partition coefficient (Wildman–Crippen LogP) is 3.98. The number of ether oxygens (including phenoxy) is 3. The minimum Gasteiger partial charge on any atom is -0.497 e. The molecule has 0 aliphatic rings. The summed E-state index contributed by atoms with van der Waals surface area (Å²) in [6.45, 7) is 8.20. The normalized spacial score (nSPS) is 12.1. The highest BCUT2D eigenvalue weighted by atomic mass is 16.6. The summed E-state index contributed by atoms with van der Waals surface area (Å²) in [5.74, 6) is 2.42. The number of hydrogen-bond acceptors (Lipinski definition) is 9. The van der Waals surface area contributed by atoms with Gasteiger partial charge in [0.2, 0.25) is 5.95 Å². The van der Waals surface area contributed by atoms with Crippen molar-refractivity contribution < 1.29 is 19.0 Å². The number of rotatable bonds is 9. The Morgan fingerprint density at radius 2 is 1.91 bits per heavy atom. The number of amides is 1. The minimum atomic E-state index is -0.555. The topological polar surface area (TPSA) is 120 Å². The number of aromatic nitrogens is 3. The van der Waals surface area contributed by atoms with Crippen molar-refractivity contribution in [3.8, 4) is 11.5 Å². The summed E-state index contributed by atoms with van der Waals surface area (Å²) in [5.41, 5.74) is 1.71. The first-order valence-electron chi connectivity index (χ1n) is 11.0. The van der Waals surface area contributed by atoms with Crippen LogP contribution in [0.25, 0.3) is 11.0 Å². The van der Waals surface area contributed by atoms with Gasteiger partial charge in [-0.05, 0) is 52.0 Å². The second kappa shape index (κ2) is 10.9. The molecule has 182 valence electrons. The van der Waals surface area contributed by atoms with Crippen LogP contribution in [0.4, 0.5) is 16.6 Å². The average Bonchev–Trinajstić information content (AvgIpc) is 2.80. The fourth-order valence-electron chi connectivity index (χ4n) is 3.15. The van der Waals surface area contributed by atoms with Crippen LogP contribution in [0.1, 0.15) is 33.3 Å². The van der Waals surface area contributed by atoms with E-state index in [0.29, 0.717) is 47.4 Å². The molecule has 0 spiro atoms. The van der Waals surface area contributed by atoms with Gasteiger partial charge in [0.15, 0.2) is 5.82 Å². The maximum Gasteiger partial charge on any atom is 0.407 e. The lowest BCUT2D eigenvalue weighted by Gasteiger charge is -2.21. The van der Waals surface area contributed by atoms with Crippen LogP contribution in [0.2, 0.25) is 0 Å². The molecule has 0 saturated heterocycles. The van der Waals surface area contributed by atoms with Crippen molar-refractivity contribution in [1.29, 1.82) is 0 Å². The third-order valence-electron chi connectivity index (χ3n) is 4.72. The number of hydrogen-bond donors (Lipinski definition) is 3. The van der Waals surface area contributed by atoms with Crippen LogP contribution in [0.3, 0.4) is 0 Å². The Morgan fingerprint density at radius 3 is 2.62 bits per heavy atom. The number of anilines is 2. The second-order valence-electron chi connectivity index (χ2n) is 8.73. The van der Waals surface area contributed by atoms with Crippen LogP contribution in [0.5, 0.6) is 11.5 Å². The molecule has 1 atom stereocenters. The number of benzene rings is 1. The summed E-state index contributed by atoms with van der Waals surface area (Å²) >= 11 is 0. The van der Waals surface area contributed by atoms with Gasteiger partial charge in [-0.1, -0.05) is 0 Å². The summed E-state index contributed by atoms with van der Waals surface area (Å²) in [5, 5.41) is 9.33. The van der Waals surface area contributed by atoms with Gasteiger partial charge >= 0.3 is 6.09 Å². The monoisotopic (exact) mass is 468 g/mol. The molecule has 1 amide bonds. The molecule has 2 heterocycles. The van der Waals surface area contributed by atoms with Crippen LogP contribution in [-0.2, 0) is 11.3 Å². The molecule has 0 fully saturated rings. The first-order valence-corrected chi connectivity index (χ1v) is 11.0. The Hall–Kier alpha value is -3.82. The number of nitrogens with one attached hydrogen (secondary N) is 3. The Bertz CT molecular complexity index is 1130. The summed E-state index contributed by atoms with van der Waals surface area (Å²) in [6, 6.07) is 9.19. The number of alkyl carbamates (subject to hydrolysis) is 1. The standard InChI is InChI=1S/C24H32N6O4/c1-15(13-27-23(31)34-24(2,3)4)28-21-20-18(8-7-11-25-20)29-22(30-21)26-14-16-9-10-17(32-5)12-19(16)33-6/h7-12,15H,13-14H2,1-6H3,(H,27,31)(H2,26,28,29,30).